The number of carbonyl (C=O) groups is 1. The highest BCUT2D eigenvalue weighted by Crippen LogP contribution is 2.23. The third-order valence-electron chi connectivity index (χ3n) is 2.34. The minimum absolute atomic E-state index is 0.00303. The Hall–Kier alpha value is -0.0500. The molecule has 0 spiro atoms. The number of rotatable bonds is 6. The van der Waals surface area contributed by atoms with Crippen molar-refractivity contribution in [2.24, 2.45) is 17.8 Å². The largest absolute Gasteiger partial charge is 0.466 e. The van der Waals surface area contributed by atoms with Crippen LogP contribution in [0.1, 0.15) is 34.1 Å². The minimum atomic E-state index is -0.0717. The van der Waals surface area contributed by atoms with E-state index in [2.05, 4.69) is 29.8 Å². The van der Waals surface area contributed by atoms with E-state index in [9.17, 15) is 4.79 Å². The molecule has 0 heterocycles. The van der Waals surface area contributed by atoms with Gasteiger partial charge in [0, 0.05) is 5.33 Å². The lowest BCUT2D eigenvalue weighted by Gasteiger charge is -2.21. The normalized spacial score (nSPS) is 15.3. The maximum Gasteiger partial charge on any atom is 0.308 e. The first-order valence-electron chi connectivity index (χ1n) is 5.25. The lowest BCUT2D eigenvalue weighted by atomic mass is 9.88. The Morgan fingerprint density at radius 3 is 2.29 bits per heavy atom. The van der Waals surface area contributed by atoms with Gasteiger partial charge >= 0.3 is 5.97 Å². The Balaban J connectivity index is 4.15. The van der Waals surface area contributed by atoms with Crippen LogP contribution in [0, 0.1) is 17.8 Å². The number of hydrogen-bond donors (Lipinski definition) is 0. The van der Waals surface area contributed by atoms with Gasteiger partial charge in [-0.2, -0.15) is 0 Å². The first kappa shape index (κ1) is 13.9. The quantitative estimate of drug-likeness (QED) is 0.544. The molecule has 0 aliphatic heterocycles. The molecule has 3 heteroatoms. The summed E-state index contributed by atoms with van der Waals surface area (Å²) in [6.45, 7) is 8.61. The summed E-state index contributed by atoms with van der Waals surface area (Å²) in [6.07, 6.45) is 1.06. The molecule has 0 aliphatic carbocycles. The third kappa shape index (κ3) is 4.99. The first-order chi connectivity index (χ1) is 6.52. The Labute approximate surface area is 95.5 Å². The molecule has 2 nitrogen and oxygen atoms in total. The van der Waals surface area contributed by atoms with Crippen molar-refractivity contribution in [3.63, 3.8) is 0 Å². The summed E-state index contributed by atoms with van der Waals surface area (Å²) >= 11 is 3.46. The summed E-state index contributed by atoms with van der Waals surface area (Å²) in [5.74, 6) is 0.929. The van der Waals surface area contributed by atoms with Crippen LogP contribution in [-0.4, -0.2) is 17.9 Å². The van der Waals surface area contributed by atoms with Crippen LogP contribution in [0.25, 0.3) is 0 Å². The van der Waals surface area contributed by atoms with E-state index in [0.29, 0.717) is 18.4 Å². The van der Waals surface area contributed by atoms with Gasteiger partial charge in [-0.15, -0.1) is 0 Å². The van der Waals surface area contributed by atoms with Crippen molar-refractivity contribution in [3.8, 4) is 0 Å². The van der Waals surface area contributed by atoms with Gasteiger partial charge < -0.3 is 4.74 Å². The molecule has 2 atom stereocenters. The highest BCUT2D eigenvalue weighted by Gasteiger charge is 2.24. The Kier molecular flexibility index (Phi) is 7.24. The second-order valence-corrected chi connectivity index (χ2v) is 4.73. The van der Waals surface area contributed by atoms with E-state index >= 15 is 0 Å². The van der Waals surface area contributed by atoms with E-state index in [1.54, 1.807) is 0 Å². The molecular weight excluding hydrogens is 244 g/mol. The van der Waals surface area contributed by atoms with E-state index in [-0.39, 0.29) is 11.9 Å². The van der Waals surface area contributed by atoms with Crippen molar-refractivity contribution in [1.29, 1.82) is 0 Å². The molecule has 0 saturated carbocycles. The number of ether oxygens (including phenoxy) is 1. The molecule has 0 saturated heterocycles. The van der Waals surface area contributed by atoms with Crippen LogP contribution < -0.4 is 0 Å². The molecule has 0 aromatic heterocycles. The van der Waals surface area contributed by atoms with Gasteiger partial charge in [0.15, 0.2) is 0 Å². The Bertz CT molecular complexity index is 169. The van der Waals surface area contributed by atoms with Crippen LogP contribution in [0.4, 0.5) is 0 Å². The summed E-state index contributed by atoms with van der Waals surface area (Å²) in [4.78, 5) is 11.5. The maximum absolute atomic E-state index is 11.5. The topological polar surface area (TPSA) is 26.3 Å². The molecule has 0 fully saturated rings. The first-order valence-corrected chi connectivity index (χ1v) is 6.37. The molecule has 0 rings (SSSR count). The highest BCUT2D eigenvalue weighted by atomic mass is 79.9. The molecule has 0 aromatic carbocycles. The summed E-state index contributed by atoms with van der Waals surface area (Å²) in [5.41, 5.74) is 0. The highest BCUT2D eigenvalue weighted by molar-refractivity contribution is 9.09. The monoisotopic (exact) mass is 264 g/mol. The van der Waals surface area contributed by atoms with E-state index in [4.69, 9.17) is 4.74 Å². The Morgan fingerprint density at radius 1 is 1.36 bits per heavy atom. The van der Waals surface area contributed by atoms with E-state index in [0.717, 1.165) is 11.8 Å². The summed E-state index contributed by atoms with van der Waals surface area (Å²) in [6, 6.07) is 0. The van der Waals surface area contributed by atoms with Crippen LogP contribution in [0.2, 0.25) is 0 Å². The van der Waals surface area contributed by atoms with Gasteiger partial charge in [-0.3, -0.25) is 4.79 Å². The van der Waals surface area contributed by atoms with E-state index < -0.39 is 0 Å². The van der Waals surface area contributed by atoms with Gasteiger partial charge in [0.2, 0.25) is 0 Å². The molecule has 0 radical (unpaired) electrons. The second kappa shape index (κ2) is 7.27. The second-order valence-electron chi connectivity index (χ2n) is 4.08. The van der Waals surface area contributed by atoms with Crippen molar-refractivity contribution in [1.82, 2.24) is 0 Å². The zero-order valence-electron chi connectivity index (χ0n) is 9.55. The van der Waals surface area contributed by atoms with Crippen LogP contribution in [0.5, 0.6) is 0 Å². The average molecular weight is 265 g/mol. The van der Waals surface area contributed by atoms with Gasteiger partial charge in [0.05, 0.1) is 12.5 Å². The van der Waals surface area contributed by atoms with Crippen molar-refractivity contribution in [2.45, 2.75) is 34.1 Å². The smallest absolute Gasteiger partial charge is 0.308 e. The van der Waals surface area contributed by atoms with Crippen molar-refractivity contribution >= 4 is 21.9 Å². The number of esters is 1. The van der Waals surface area contributed by atoms with Crippen molar-refractivity contribution in [2.75, 3.05) is 11.9 Å². The van der Waals surface area contributed by atoms with E-state index in [1.807, 2.05) is 13.8 Å². The average Bonchev–Trinajstić information content (AvgIpc) is 2.13. The predicted molar refractivity (Wildman–Crippen MR) is 62.5 cm³/mol. The van der Waals surface area contributed by atoms with Crippen LogP contribution in [-0.2, 0) is 9.53 Å². The van der Waals surface area contributed by atoms with Gasteiger partial charge in [-0.1, -0.05) is 36.7 Å². The zero-order chi connectivity index (χ0) is 11.1. The molecule has 0 aliphatic rings. The molecule has 0 amide bonds. The van der Waals surface area contributed by atoms with Gasteiger partial charge in [0.25, 0.3) is 0 Å². The Morgan fingerprint density at radius 2 is 1.93 bits per heavy atom. The van der Waals surface area contributed by atoms with Crippen LogP contribution in [0.15, 0.2) is 0 Å². The number of carbonyl (C=O) groups excluding carboxylic acids is 1. The number of halogens is 1. The maximum atomic E-state index is 11.5. The zero-order valence-corrected chi connectivity index (χ0v) is 11.1. The van der Waals surface area contributed by atoms with Gasteiger partial charge in [-0.25, -0.2) is 0 Å². The molecule has 0 unspecified atom stereocenters. The summed E-state index contributed by atoms with van der Waals surface area (Å²) < 4.78 is 5.01. The van der Waals surface area contributed by atoms with Crippen molar-refractivity contribution < 1.29 is 9.53 Å². The fourth-order valence-electron chi connectivity index (χ4n) is 1.47. The fraction of sp³-hybridized carbons (Fsp3) is 0.909. The molecule has 14 heavy (non-hydrogen) atoms. The standard InChI is InChI=1S/C11H21BrO2/c1-5-14-11(13)9(4)10(7-12)6-8(2)3/h8-10H,5-7H2,1-4H3/t9-,10+/m0/s1. The van der Waals surface area contributed by atoms with Gasteiger partial charge in [0.1, 0.15) is 0 Å². The number of alkyl halides is 1. The van der Waals surface area contributed by atoms with E-state index in [1.165, 1.54) is 0 Å². The molecular formula is C11H21BrO2. The summed E-state index contributed by atoms with van der Waals surface area (Å²) in [7, 11) is 0. The molecule has 0 bridgehead atoms. The molecule has 0 aromatic rings. The fourth-order valence-corrected chi connectivity index (χ4v) is 2.30. The molecule has 0 N–H and O–H groups in total. The summed E-state index contributed by atoms with van der Waals surface area (Å²) in [5, 5.41) is 0.866. The lowest BCUT2D eigenvalue weighted by Crippen LogP contribution is -2.25. The lowest BCUT2D eigenvalue weighted by molar-refractivity contribution is -0.149. The SMILES string of the molecule is CCOC(=O)[C@@H](C)[C@@H](CBr)CC(C)C. The predicted octanol–water partition coefficient (Wildman–Crippen LogP) is 3.24. The molecule has 84 valence electrons. The third-order valence-corrected chi connectivity index (χ3v) is 3.17. The number of hydrogen-bond acceptors (Lipinski definition) is 2. The van der Waals surface area contributed by atoms with Crippen LogP contribution in [0.3, 0.4) is 0 Å². The van der Waals surface area contributed by atoms with Gasteiger partial charge in [-0.05, 0) is 25.2 Å². The van der Waals surface area contributed by atoms with Crippen LogP contribution >= 0.6 is 15.9 Å². The minimum Gasteiger partial charge on any atom is -0.466 e. The van der Waals surface area contributed by atoms with Crippen molar-refractivity contribution in [3.05, 3.63) is 0 Å².